The maximum absolute atomic E-state index is 12.0. The zero-order chi connectivity index (χ0) is 11.2. The maximum Gasteiger partial charge on any atom is 0.306 e. The fraction of sp³-hybridized carbons (Fsp3) is 0.700. The summed E-state index contributed by atoms with van der Waals surface area (Å²) in [6, 6.07) is 0. The van der Waals surface area contributed by atoms with Gasteiger partial charge in [0.05, 0.1) is 12.9 Å². The monoisotopic (exact) mass is 204 g/mol. The van der Waals surface area contributed by atoms with Crippen LogP contribution in [0, 0.1) is 0 Å². The van der Waals surface area contributed by atoms with Crippen molar-refractivity contribution in [3.05, 3.63) is 11.9 Å². The van der Waals surface area contributed by atoms with Crippen LogP contribution in [0.2, 0.25) is 0 Å². The van der Waals surface area contributed by atoms with Gasteiger partial charge in [-0.05, 0) is 32.8 Å². The van der Waals surface area contributed by atoms with E-state index in [0.717, 1.165) is 0 Å². The minimum absolute atomic E-state index is 0.0909. The van der Waals surface area contributed by atoms with Crippen LogP contribution in [0.15, 0.2) is 11.9 Å². The molecule has 3 nitrogen and oxygen atoms in total. The largest absolute Gasteiger partial charge is 0.460 e. The second-order valence-corrected chi connectivity index (χ2v) is 4.01. The Labute approximate surface area is 83.6 Å². The third-order valence-corrected chi connectivity index (χ3v) is 1.43. The fourth-order valence-electron chi connectivity index (χ4n) is 0.823. The third-order valence-electron chi connectivity index (χ3n) is 1.43. The van der Waals surface area contributed by atoms with Crippen LogP contribution in [0.5, 0.6) is 0 Å². The van der Waals surface area contributed by atoms with E-state index in [1.54, 1.807) is 20.8 Å². The highest BCUT2D eigenvalue weighted by molar-refractivity contribution is 5.70. The number of esters is 1. The van der Waals surface area contributed by atoms with E-state index in [-0.39, 0.29) is 31.0 Å². The van der Waals surface area contributed by atoms with E-state index in [1.807, 2.05) is 0 Å². The molecule has 0 aliphatic carbocycles. The van der Waals surface area contributed by atoms with Crippen LogP contribution in [-0.4, -0.2) is 23.3 Å². The molecule has 0 bridgehead atoms. The second-order valence-electron chi connectivity index (χ2n) is 4.01. The summed E-state index contributed by atoms with van der Waals surface area (Å²) in [6.45, 7) is 4.94. The van der Waals surface area contributed by atoms with Gasteiger partial charge in [0.1, 0.15) is 5.60 Å². The first-order valence-corrected chi connectivity index (χ1v) is 4.50. The average molecular weight is 204 g/mol. The molecule has 0 fully saturated rings. The van der Waals surface area contributed by atoms with E-state index in [2.05, 4.69) is 0 Å². The van der Waals surface area contributed by atoms with E-state index >= 15 is 0 Å². The number of halogens is 1. The fourth-order valence-corrected chi connectivity index (χ4v) is 0.823. The van der Waals surface area contributed by atoms with E-state index in [0.29, 0.717) is 6.33 Å². The maximum atomic E-state index is 12.0. The van der Waals surface area contributed by atoms with Gasteiger partial charge in [-0.15, -0.1) is 0 Å². The van der Waals surface area contributed by atoms with Crippen molar-refractivity contribution in [2.24, 2.45) is 0 Å². The summed E-state index contributed by atoms with van der Waals surface area (Å²) < 4.78 is 17.0. The van der Waals surface area contributed by atoms with Gasteiger partial charge in [-0.2, -0.15) is 0 Å². The lowest BCUT2D eigenvalue weighted by atomic mass is 10.1. The van der Waals surface area contributed by atoms with Crippen LogP contribution in [0.1, 0.15) is 33.6 Å². The van der Waals surface area contributed by atoms with E-state index in [1.165, 1.54) is 0 Å². The number of hydrogen-bond donors (Lipinski definition) is 1. The molecule has 82 valence electrons. The van der Waals surface area contributed by atoms with Crippen LogP contribution >= 0.6 is 0 Å². The van der Waals surface area contributed by atoms with Crippen molar-refractivity contribution >= 4 is 5.97 Å². The minimum Gasteiger partial charge on any atom is -0.460 e. The quantitative estimate of drug-likeness (QED) is 0.712. The molecular weight excluding hydrogens is 187 g/mol. The second kappa shape index (κ2) is 5.75. The van der Waals surface area contributed by atoms with Gasteiger partial charge in [0.15, 0.2) is 0 Å². The number of aliphatic hydroxyl groups excluding tert-OH is 1. The number of ether oxygens (including phenoxy) is 1. The van der Waals surface area contributed by atoms with Crippen molar-refractivity contribution in [2.45, 2.75) is 39.2 Å². The van der Waals surface area contributed by atoms with Crippen LogP contribution in [0.3, 0.4) is 0 Å². The molecule has 0 rings (SSSR count). The molecule has 0 radical (unpaired) electrons. The standard InChI is InChI=1S/C10H17FO3/c1-10(2,3)14-9(13)5-4-8(6-11)7-12/h6,12H,4-5,7H2,1-3H3. The van der Waals surface area contributed by atoms with E-state index in [4.69, 9.17) is 9.84 Å². The van der Waals surface area contributed by atoms with Crippen molar-refractivity contribution < 1.29 is 19.0 Å². The Hall–Kier alpha value is -0.900. The van der Waals surface area contributed by atoms with Crippen molar-refractivity contribution in [1.82, 2.24) is 0 Å². The molecule has 1 N–H and O–H groups in total. The molecular formula is C10H17FO3. The van der Waals surface area contributed by atoms with Crippen LogP contribution in [0.25, 0.3) is 0 Å². The normalized spacial score (nSPS) is 12.8. The molecule has 0 aliphatic rings. The first-order chi connectivity index (χ1) is 6.39. The Balaban J connectivity index is 3.86. The minimum atomic E-state index is -0.518. The highest BCUT2D eigenvalue weighted by atomic mass is 19.1. The van der Waals surface area contributed by atoms with E-state index < -0.39 is 5.60 Å². The summed E-state index contributed by atoms with van der Waals surface area (Å²) in [4.78, 5) is 11.1. The first-order valence-electron chi connectivity index (χ1n) is 4.50. The zero-order valence-electron chi connectivity index (χ0n) is 8.84. The van der Waals surface area contributed by atoms with Crippen LogP contribution < -0.4 is 0 Å². The Kier molecular flexibility index (Phi) is 5.38. The smallest absolute Gasteiger partial charge is 0.306 e. The van der Waals surface area contributed by atoms with Gasteiger partial charge >= 0.3 is 5.97 Å². The van der Waals surface area contributed by atoms with Gasteiger partial charge in [0.25, 0.3) is 0 Å². The van der Waals surface area contributed by atoms with Crippen molar-refractivity contribution in [3.63, 3.8) is 0 Å². The van der Waals surface area contributed by atoms with Gasteiger partial charge in [-0.3, -0.25) is 4.79 Å². The molecule has 0 saturated heterocycles. The lowest BCUT2D eigenvalue weighted by Gasteiger charge is -2.19. The average Bonchev–Trinajstić information content (AvgIpc) is 2.03. The van der Waals surface area contributed by atoms with Crippen molar-refractivity contribution in [3.8, 4) is 0 Å². The molecule has 4 heteroatoms. The molecule has 0 heterocycles. The van der Waals surface area contributed by atoms with Crippen molar-refractivity contribution in [1.29, 1.82) is 0 Å². The summed E-state index contributed by atoms with van der Waals surface area (Å²) in [5, 5.41) is 8.61. The highest BCUT2D eigenvalue weighted by Gasteiger charge is 2.16. The predicted molar refractivity (Wildman–Crippen MR) is 51.4 cm³/mol. The zero-order valence-corrected chi connectivity index (χ0v) is 8.84. The van der Waals surface area contributed by atoms with Crippen LogP contribution in [-0.2, 0) is 9.53 Å². The Morgan fingerprint density at radius 1 is 1.43 bits per heavy atom. The molecule has 0 spiro atoms. The van der Waals surface area contributed by atoms with Gasteiger partial charge in [-0.25, -0.2) is 4.39 Å². The molecule has 0 amide bonds. The first kappa shape index (κ1) is 13.1. The number of aliphatic hydroxyl groups is 1. The Morgan fingerprint density at radius 3 is 2.36 bits per heavy atom. The topological polar surface area (TPSA) is 46.5 Å². The molecule has 0 aromatic carbocycles. The molecule has 0 aliphatic heterocycles. The summed E-state index contributed by atoms with van der Waals surface area (Å²) in [6.07, 6.45) is 0.611. The molecule has 0 atom stereocenters. The number of rotatable bonds is 4. The third kappa shape index (κ3) is 6.60. The predicted octanol–water partition coefficient (Wildman–Crippen LogP) is 1.95. The Bertz CT molecular complexity index is 216. The van der Waals surface area contributed by atoms with Gasteiger partial charge < -0.3 is 9.84 Å². The van der Waals surface area contributed by atoms with Gasteiger partial charge in [0.2, 0.25) is 0 Å². The molecule has 14 heavy (non-hydrogen) atoms. The molecule has 0 aromatic heterocycles. The number of carbonyl (C=O) groups excluding carboxylic acids is 1. The summed E-state index contributed by atoms with van der Waals surface area (Å²) in [5.74, 6) is -0.384. The SMILES string of the molecule is CC(C)(C)OC(=O)CCC(=CF)CO. The number of carbonyl (C=O) groups is 1. The summed E-state index contributed by atoms with van der Waals surface area (Å²) in [7, 11) is 0. The number of hydrogen-bond acceptors (Lipinski definition) is 3. The van der Waals surface area contributed by atoms with Gasteiger partial charge in [-0.1, -0.05) is 0 Å². The van der Waals surface area contributed by atoms with Gasteiger partial charge in [0, 0.05) is 6.42 Å². The highest BCUT2D eigenvalue weighted by Crippen LogP contribution is 2.11. The lowest BCUT2D eigenvalue weighted by molar-refractivity contribution is -0.154. The lowest BCUT2D eigenvalue weighted by Crippen LogP contribution is -2.23. The van der Waals surface area contributed by atoms with Crippen LogP contribution in [0.4, 0.5) is 4.39 Å². The molecule has 0 unspecified atom stereocenters. The van der Waals surface area contributed by atoms with Crippen molar-refractivity contribution in [2.75, 3.05) is 6.61 Å². The summed E-state index contributed by atoms with van der Waals surface area (Å²) in [5.41, 5.74) is -0.313. The Morgan fingerprint density at radius 2 is 2.00 bits per heavy atom. The summed E-state index contributed by atoms with van der Waals surface area (Å²) >= 11 is 0. The molecule has 0 aromatic rings. The molecule has 0 saturated carbocycles. The van der Waals surface area contributed by atoms with E-state index in [9.17, 15) is 9.18 Å².